The summed E-state index contributed by atoms with van der Waals surface area (Å²) in [6.45, 7) is 20.0. The van der Waals surface area contributed by atoms with Crippen LogP contribution in [0, 0.1) is 33.6 Å². The van der Waals surface area contributed by atoms with E-state index in [0.29, 0.717) is 52.6 Å². The number of hydrogen-bond acceptors (Lipinski definition) is 10. The molecule has 0 aliphatic heterocycles. The zero-order valence-electron chi connectivity index (χ0n) is 56.0. The van der Waals surface area contributed by atoms with Crippen LogP contribution in [0.4, 0.5) is 17.6 Å². The molecule has 0 fully saturated rings. The summed E-state index contributed by atoms with van der Waals surface area (Å²) in [5, 5.41) is 13.5. The van der Waals surface area contributed by atoms with Crippen LogP contribution in [0.15, 0.2) is 156 Å². The number of fused-ring (bicyclic) bond motifs is 8. The molecule has 1 unspecified atom stereocenters. The molecule has 0 N–H and O–H groups in total. The van der Waals surface area contributed by atoms with Gasteiger partial charge >= 0.3 is 24.3 Å². The molecule has 2 heterocycles. The zero-order valence-corrected chi connectivity index (χ0v) is 56.0. The highest BCUT2D eigenvalue weighted by Gasteiger charge is 2.42. The minimum atomic E-state index is -4.40. The van der Waals surface area contributed by atoms with Crippen LogP contribution in [0.25, 0.3) is 54.4 Å². The summed E-state index contributed by atoms with van der Waals surface area (Å²) in [6.07, 6.45) is 6.54. The van der Waals surface area contributed by atoms with Gasteiger partial charge < -0.3 is 28.3 Å². The largest absolute Gasteiger partial charge is 0.486 e. The monoisotopic (exact) mass is 1290 g/mol. The fourth-order valence-electron chi connectivity index (χ4n) is 12.8. The third-order valence-electron chi connectivity index (χ3n) is 17.5. The molecule has 0 radical (unpaired) electrons. The van der Waals surface area contributed by atoms with Crippen molar-refractivity contribution in [2.24, 2.45) is 16.2 Å². The molecular formula is C79H84F4N4O8. The second-order valence-electron chi connectivity index (χ2n) is 24.6. The molecule has 0 aliphatic carbocycles. The SMILES string of the molecule is CCCC(CC)Cn1c2ccc(/C(=N\OC(C)=O)c3ccccc3OCC(F)(F)C(F)F)cc2c2cc(C(=O)c3c(C)cc(C)cc3C)c3ccccc3c21.CCCCCCCCOCCn1c2ccc(C(=O)c3ccccc3C)cc2c2cc(/C(C)=N/OC(C)=O)ccc21. The number of ether oxygens (including phenoxy) is 2. The van der Waals surface area contributed by atoms with Crippen molar-refractivity contribution in [2.75, 3.05) is 19.8 Å². The Kier molecular flexibility index (Phi) is 23.4. The topological polar surface area (TPSA) is 140 Å². The normalized spacial score (nSPS) is 12.5. The number of para-hydroxylation sites is 1. The van der Waals surface area contributed by atoms with E-state index in [0.717, 1.165) is 121 Å². The summed E-state index contributed by atoms with van der Waals surface area (Å²) in [4.78, 5) is 61.4. The molecule has 0 spiro atoms. The van der Waals surface area contributed by atoms with Gasteiger partial charge in [-0.2, -0.15) is 8.78 Å². The van der Waals surface area contributed by atoms with Gasteiger partial charge in [0.1, 0.15) is 11.5 Å². The van der Waals surface area contributed by atoms with Gasteiger partial charge in [0.05, 0.1) is 17.8 Å². The standard InChI is InChI=1S/C45H44F4N2O4.C34H40N2O4/c1-7-13-30(8-2)24-51-38-19-18-31(41(50-55-29(6)52)34-16-11-12-17-39(34)54-25-45(48,49)44(46)47)22-35(38)36-23-37(32-14-9-10-15-33(32)42(36)51)43(53)40-27(4)20-26(3)21-28(40)5;1-5-6-7-8-9-12-20-39-21-19-36-32-17-15-27(25(3)35-40-26(4)37)22-30(32)31-23-28(16-18-33(31)36)34(38)29-14-11-10-13-24(29)2/h9-12,14-23,30,44H,7-8,13,24-25H2,1-6H3;10-11,13-18,22-23H,5-9,12,19-21H2,1-4H3/b50-41+;35-25+. The van der Waals surface area contributed by atoms with Crippen molar-refractivity contribution >= 4 is 89.3 Å². The molecule has 8 aromatic carbocycles. The Morgan fingerprint density at radius 1 is 0.526 bits per heavy atom. The Hall–Kier alpha value is -9.28. The maximum atomic E-state index is 14.6. The van der Waals surface area contributed by atoms with Crippen molar-refractivity contribution in [3.8, 4) is 5.75 Å². The number of aryl methyl sites for hydroxylation is 4. The Morgan fingerprint density at radius 3 is 1.75 bits per heavy atom. The van der Waals surface area contributed by atoms with Crippen LogP contribution in [0.3, 0.4) is 0 Å². The van der Waals surface area contributed by atoms with Crippen LogP contribution >= 0.6 is 0 Å². The van der Waals surface area contributed by atoms with Gasteiger partial charge in [0.15, 0.2) is 18.2 Å². The van der Waals surface area contributed by atoms with Gasteiger partial charge in [-0.1, -0.05) is 167 Å². The number of unbranched alkanes of at least 4 members (excludes halogenated alkanes) is 5. The number of carbonyl (C=O) groups is 4. The van der Waals surface area contributed by atoms with Crippen molar-refractivity contribution < 1.29 is 55.9 Å². The lowest BCUT2D eigenvalue weighted by atomic mass is 9.89. The summed E-state index contributed by atoms with van der Waals surface area (Å²) >= 11 is 0. The number of ketones is 2. The summed E-state index contributed by atoms with van der Waals surface area (Å²) in [7, 11) is 0. The summed E-state index contributed by atoms with van der Waals surface area (Å²) in [5.74, 6) is -5.45. The highest BCUT2D eigenvalue weighted by Crippen LogP contribution is 2.40. The van der Waals surface area contributed by atoms with Crippen molar-refractivity contribution in [1.82, 2.24) is 9.13 Å². The Morgan fingerprint density at radius 2 is 1.09 bits per heavy atom. The van der Waals surface area contributed by atoms with E-state index in [1.807, 2.05) is 138 Å². The average Bonchev–Trinajstić information content (AvgIpc) is 1.60. The Labute approximate surface area is 552 Å². The van der Waals surface area contributed by atoms with E-state index in [1.165, 1.54) is 64.2 Å². The first-order chi connectivity index (χ1) is 45.6. The first kappa shape index (κ1) is 70.0. The van der Waals surface area contributed by atoms with Gasteiger partial charge in [-0.3, -0.25) is 9.59 Å². The summed E-state index contributed by atoms with van der Waals surface area (Å²) in [5.41, 5.74) is 12.4. The minimum Gasteiger partial charge on any atom is -0.486 e. The Bertz CT molecular complexity index is 4500. The zero-order chi connectivity index (χ0) is 68.1. The van der Waals surface area contributed by atoms with Crippen molar-refractivity contribution in [3.63, 3.8) is 0 Å². The third-order valence-corrected chi connectivity index (χ3v) is 17.5. The predicted molar refractivity (Wildman–Crippen MR) is 372 cm³/mol. The van der Waals surface area contributed by atoms with Crippen LogP contribution in [0.2, 0.25) is 0 Å². The molecule has 0 saturated heterocycles. The second kappa shape index (κ2) is 31.8. The van der Waals surface area contributed by atoms with E-state index in [9.17, 15) is 36.7 Å². The third kappa shape index (κ3) is 16.3. The highest BCUT2D eigenvalue weighted by molar-refractivity contribution is 6.27. The van der Waals surface area contributed by atoms with Gasteiger partial charge in [-0.25, -0.2) is 18.4 Å². The first-order valence-electron chi connectivity index (χ1n) is 32.9. The number of rotatable bonds is 28. The molecule has 0 bridgehead atoms. The van der Waals surface area contributed by atoms with E-state index in [4.69, 9.17) is 19.1 Å². The molecule has 10 rings (SSSR count). The number of hydrogen-bond donors (Lipinski definition) is 0. The molecule has 1 atom stereocenters. The van der Waals surface area contributed by atoms with Crippen LogP contribution in [-0.2, 0) is 37.1 Å². The molecule has 0 saturated carbocycles. The van der Waals surface area contributed by atoms with E-state index in [2.05, 4.69) is 52.3 Å². The molecule has 0 aliphatic rings. The molecule has 10 aromatic rings. The lowest BCUT2D eigenvalue weighted by molar-refractivity contribution is -0.148. The highest BCUT2D eigenvalue weighted by atomic mass is 19.3. The molecule has 16 heteroatoms. The quantitative estimate of drug-likeness (QED) is 0.0118. The molecule has 496 valence electrons. The van der Waals surface area contributed by atoms with Gasteiger partial charge in [-0.15, -0.1) is 0 Å². The van der Waals surface area contributed by atoms with Crippen LogP contribution in [0.1, 0.15) is 170 Å². The van der Waals surface area contributed by atoms with Crippen LogP contribution in [0.5, 0.6) is 5.75 Å². The number of oxime groups is 2. The fourth-order valence-corrected chi connectivity index (χ4v) is 12.8. The van der Waals surface area contributed by atoms with Crippen molar-refractivity contribution in [2.45, 2.75) is 152 Å². The number of nitrogens with zero attached hydrogens (tertiary/aromatic N) is 4. The number of alkyl halides is 4. The Balaban J connectivity index is 0.000000235. The number of aromatic nitrogens is 2. The maximum absolute atomic E-state index is 14.6. The van der Waals surface area contributed by atoms with Gasteiger partial charge in [-0.05, 0) is 142 Å². The maximum Gasteiger partial charge on any atom is 0.340 e. The number of carbonyl (C=O) groups excluding carboxylic acids is 4. The summed E-state index contributed by atoms with van der Waals surface area (Å²) < 4.78 is 70.0. The predicted octanol–water partition coefficient (Wildman–Crippen LogP) is 19.5. The van der Waals surface area contributed by atoms with Gasteiger partial charge in [0.25, 0.3) is 0 Å². The molecule has 2 aromatic heterocycles. The lowest BCUT2D eigenvalue weighted by Gasteiger charge is -2.19. The van der Waals surface area contributed by atoms with Crippen molar-refractivity contribution in [3.05, 3.63) is 207 Å². The van der Waals surface area contributed by atoms with E-state index in [1.54, 1.807) is 12.1 Å². The summed E-state index contributed by atoms with van der Waals surface area (Å²) in [6, 6.07) is 45.2. The van der Waals surface area contributed by atoms with E-state index in [-0.39, 0.29) is 28.6 Å². The molecule has 0 amide bonds. The number of benzene rings is 8. The minimum absolute atomic E-state index is 0.00641. The molecule has 12 nitrogen and oxygen atoms in total. The smallest absolute Gasteiger partial charge is 0.340 e. The number of halogens is 4. The first-order valence-corrected chi connectivity index (χ1v) is 32.9. The van der Waals surface area contributed by atoms with Crippen LogP contribution < -0.4 is 4.74 Å². The van der Waals surface area contributed by atoms with Crippen LogP contribution in [-0.4, -0.2) is 76.2 Å². The van der Waals surface area contributed by atoms with Gasteiger partial charge in [0.2, 0.25) is 0 Å². The second-order valence-corrected chi connectivity index (χ2v) is 24.6. The van der Waals surface area contributed by atoms with E-state index >= 15 is 0 Å². The fraction of sp³-hybridized carbons (Fsp3) is 0.342. The molecular weight excluding hydrogens is 1210 g/mol. The van der Waals surface area contributed by atoms with E-state index < -0.39 is 30.9 Å². The molecule has 95 heavy (non-hydrogen) atoms. The lowest BCUT2D eigenvalue weighted by Crippen LogP contribution is -2.34. The van der Waals surface area contributed by atoms with Gasteiger partial charge in [0, 0.05) is 110 Å². The average molecular weight is 1290 g/mol. The van der Waals surface area contributed by atoms with Crippen molar-refractivity contribution in [1.29, 1.82) is 0 Å².